The van der Waals surface area contributed by atoms with Gasteiger partial charge in [0, 0.05) is 5.69 Å². The van der Waals surface area contributed by atoms with E-state index in [0.717, 1.165) is 32.9 Å². The lowest BCUT2D eigenvalue weighted by molar-refractivity contribution is -0.112. The van der Waals surface area contributed by atoms with Crippen molar-refractivity contribution in [2.45, 2.75) is 6.92 Å². The Morgan fingerprint density at radius 1 is 0.967 bits per heavy atom. The van der Waals surface area contributed by atoms with Crippen molar-refractivity contribution in [1.82, 2.24) is 0 Å². The van der Waals surface area contributed by atoms with E-state index < -0.39 is 5.91 Å². The lowest BCUT2D eigenvalue weighted by Crippen LogP contribution is -2.13. The Kier molecular flexibility index (Phi) is 5.45. The van der Waals surface area contributed by atoms with Crippen molar-refractivity contribution in [1.29, 1.82) is 5.26 Å². The molecule has 0 spiro atoms. The fraction of sp³-hybridized carbons (Fsp3) is 0.0769. The molecule has 1 amide bonds. The van der Waals surface area contributed by atoms with E-state index in [1.54, 1.807) is 30.3 Å². The van der Waals surface area contributed by atoms with E-state index in [9.17, 15) is 10.1 Å². The zero-order chi connectivity index (χ0) is 20.9. The molecule has 146 valence electrons. The molecule has 4 heteroatoms. The Morgan fingerprint density at radius 2 is 1.57 bits per heavy atom. The Balaban J connectivity index is 1.74. The number of amides is 1. The van der Waals surface area contributed by atoms with E-state index in [2.05, 4.69) is 17.5 Å². The second-order valence-electron chi connectivity index (χ2n) is 6.81. The zero-order valence-electron chi connectivity index (χ0n) is 16.6. The van der Waals surface area contributed by atoms with E-state index >= 15 is 0 Å². The van der Waals surface area contributed by atoms with E-state index in [0.29, 0.717) is 12.3 Å². The summed E-state index contributed by atoms with van der Waals surface area (Å²) in [6.07, 6.45) is 1.68. The Morgan fingerprint density at radius 3 is 2.13 bits per heavy atom. The second kappa shape index (κ2) is 8.50. The maximum absolute atomic E-state index is 12.8. The third kappa shape index (κ3) is 3.87. The molecule has 0 radical (unpaired) electrons. The van der Waals surface area contributed by atoms with Crippen molar-refractivity contribution >= 4 is 39.2 Å². The predicted octanol–water partition coefficient (Wildman–Crippen LogP) is 5.94. The Bertz CT molecular complexity index is 1240. The van der Waals surface area contributed by atoms with Gasteiger partial charge in [0.05, 0.1) is 6.61 Å². The number of carbonyl (C=O) groups excluding carboxylic acids is 1. The molecule has 4 nitrogen and oxygen atoms in total. The van der Waals surface area contributed by atoms with Gasteiger partial charge in [-0.1, -0.05) is 48.5 Å². The SMILES string of the molecule is CCOc1ccc(NC(=O)C(C#N)=Cc2c3ccccc3cc3ccccc23)cc1. The first-order valence-corrected chi connectivity index (χ1v) is 9.76. The molecule has 0 bridgehead atoms. The van der Waals surface area contributed by atoms with E-state index in [-0.39, 0.29) is 5.57 Å². The molecule has 1 N–H and O–H groups in total. The highest BCUT2D eigenvalue weighted by atomic mass is 16.5. The van der Waals surface area contributed by atoms with Crippen LogP contribution in [0.2, 0.25) is 0 Å². The van der Waals surface area contributed by atoms with Crippen LogP contribution in [0, 0.1) is 11.3 Å². The van der Waals surface area contributed by atoms with Crippen LogP contribution < -0.4 is 10.1 Å². The van der Waals surface area contributed by atoms with Gasteiger partial charge in [0.25, 0.3) is 5.91 Å². The first kappa shape index (κ1) is 19.2. The topological polar surface area (TPSA) is 62.1 Å². The molecule has 4 aromatic carbocycles. The van der Waals surface area contributed by atoms with Crippen LogP contribution in [-0.2, 0) is 4.79 Å². The summed E-state index contributed by atoms with van der Waals surface area (Å²) in [6, 6.07) is 27.2. The van der Waals surface area contributed by atoms with Crippen LogP contribution in [-0.4, -0.2) is 12.5 Å². The van der Waals surface area contributed by atoms with Gasteiger partial charge in [0.2, 0.25) is 0 Å². The molecule has 0 saturated heterocycles. The van der Waals surface area contributed by atoms with Crippen molar-refractivity contribution in [3.8, 4) is 11.8 Å². The Labute approximate surface area is 175 Å². The van der Waals surface area contributed by atoms with Gasteiger partial charge in [-0.15, -0.1) is 0 Å². The largest absolute Gasteiger partial charge is 0.494 e. The summed E-state index contributed by atoms with van der Waals surface area (Å²) >= 11 is 0. The molecule has 0 atom stereocenters. The molecule has 0 aliphatic carbocycles. The number of rotatable bonds is 5. The molecule has 0 aliphatic heterocycles. The second-order valence-corrected chi connectivity index (χ2v) is 6.81. The molecule has 0 fully saturated rings. The molecule has 0 saturated carbocycles. The van der Waals surface area contributed by atoms with Crippen LogP contribution in [0.15, 0.2) is 84.4 Å². The zero-order valence-corrected chi connectivity index (χ0v) is 16.6. The smallest absolute Gasteiger partial charge is 0.266 e. The fourth-order valence-electron chi connectivity index (χ4n) is 3.50. The van der Waals surface area contributed by atoms with Crippen molar-refractivity contribution in [3.05, 3.63) is 90.0 Å². The lowest BCUT2D eigenvalue weighted by Gasteiger charge is -2.10. The normalized spacial score (nSPS) is 11.3. The molecule has 30 heavy (non-hydrogen) atoms. The molecule has 4 rings (SSSR count). The maximum atomic E-state index is 12.8. The quantitative estimate of drug-likeness (QED) is 0.260. The summed E-state index contributed by atoms with van der Waals surface area (Å²) in [5.74, 6) is 0.285. The number of carbonyl (C=O) groups is 1. The van der Waals surface area contributed by atoms with Crippen LogP contribution in [0.1, 0.15) is 12.5 Å². The van der Waals surface area contributed by atoms with Gasteiger partial charge in [-0.05, 0) is 70.4 Å². The minimum absolute atomic E-state index is 0.0467. The Hall–Kier alpha value is -4.10. The summed E-state index contributed by atoms with van der Waals surface area (Å²) in [4.78, 5) is 12.8. The van der Waals surface area contributed by atoms with Gasteiger partial charge < -0.3 is 10.1 Å². The number of fused-ring (bicyclic) bond motifs is 2. The minimum Gasteiger partial charge on any atom is -0.494 e. The van der Waals surface area contributed by atoms with Crippen molar-refractivity contribution in [3.63, 3.8) is 0 Å². The molecule has 0 aromatic heterocycles. The van der Waals surface area contributed by atoms with Crippen LogP contribution in [0.25, 0.3) is 27.6 Å². The van der Waals surface area contributed by atoms with Crippen LogP contribution >= 0.6 is 0 Å². The van der Waals surface area contributed by atoms with Gasteiger partial charge in [-0.25, -0.2) is 0 Å². The monoisotopic (exact) mass is 392 g/mol. The standard InChI is InChI=1S/C26H20N2O2/c1-2-30-22-13-11-21(12-14-22)28-26(29)20(17-27)16-25-23-9-5-3-7-18(23)15-19-8-4-6-10-24(19)25/h3-16H,2H2,1H3,(H,28,29). The number of nitrogens with one attached hydrogen (secondary N) is 1. The third-order valence-corrected chi connectivity index (χ3v) is 4.89. The summed E-state index contributed by atoms with van der Waals surface area (Å²) in [7, 11) is 0. The lowest BCUT2D eigenvalue weighted by atomic mass is 9.95. The molecule has 0 aliphatic rings. The van der Waals surface area contributed by atoms with E-state index in [4.69, 9.17) is 4.74 Å². The van der Waals surface area contributed by atoms with Gasteiger partial charge in [-0.2, -0.15) is 5.26 Å². The number of nitrogens with zero attached hydrogens (tertiary/aromatic N) is 1. The highest BCUT2D eigenvalue weighted by molar-refractivity contribution is 6.14. The summed E-state index contributed by atoms with van der Waals surface area (Å²) in [6.45, 7) is 2.49. The number of nitriles is 1. The summed E-state index contributed by atoms with van der Waals surface area (Å²) < 4.78 is 5.42. The van der Waals surface area contributed by atoms with Crippen LogP contribution in [0.3, 0.4) is 0 Å². The van der Waals surface area contributed by atoms with Crippen LogP contribution in [0.5, 0.6) is 5.75 Å². The number of hydrogen-bond donors (Lipinski definition) is 1. The van der Waals surface area contributed by atoms with E-state index in [1.807, 2.05) is 55.5 Å². The van der Waals surface area contributed by atoms with E-state index in [1.165, 1.54) is 0 Å². The average molecular weight is 392 g/mol. The van der Waals surface area contributed by atoms with Crippen molar-refractivity contribution in [2.75, 3.05) is 11.9 Å². The van der Waals surface area contributed by atoms with Crippen molar-refractivity contribution in [2.24, 2.45) is 0 Å². The van der Waals surface area contributed by atoms with Crippen molar-refractivity contribution < 1.29 is 9.53 Å². The number of hydrogen-bond acceptors (Lipinski definition) is 3. The van der Waals surface area contributed by atoms with Crippen LogP contribution in [0.4, 0.5) is 5.69 Å². The molecule has 4 aromatic rings. The number of ether oxygens (including phenoxy) is 1. The highest BCUT2D eigenvalue weighted by Crippen LogP contribution is 2.30. The minimum atomic E-state index is -0.446. The van der Waals surface area contributed by atoms with Gasteiger partial charge in [0.1, 0.15) is 17.4 Å². The first-order chi connectivity index (χ1) is 14.7. The van der Waals surface area contributed by atoms with Gasteiger partial charge in [0.15, 0.2) is 0 Å². The maximum Gasteiger partial charge on any atom is 0.266 e. The van der Waals surface area contributed by atoms with Gasteiger partial charge >= 0.3 is 0 Å². The molecule has 0 heterocycles. The molecule has 0 unspecified atom stereocenters. The van der Waals surface area contributed by atoms with Gasteiger partial charge in [-0.3, -0.25) is 4.79 Å². The first-order valence-electron chi connectivity index (χ1n) is 9.76. The highest BCUT2D eigenvalue weighted by Gasteiger charge is 2.13. The molecular formula is C26H20N2O2. The third-order valence-electron chi connectivity index (χ3n) is 4.89. The summed E-state index contributed by atoms with van der Waals surface area (Å²) in [5, 5.41) is 16.6. The number of benzene rings is 4. The average Bonchev–Trinajstić information content (AvgIpc) is 2.78. The summed E-state index contributed by atoms with van der Waals surface area (Å²) in [5.41, 5.74) is 1.51. The molecular weight excluding hydrogens is 372 g/mol. The predicted molar refractivity (Wildman–Crippen MR) is 121 cm³/mol. The number of anilines is 1. The fourth-order valence-corrected chi connectivity index (χ4v) is 3.50.